The summed E-state index contributed by atoms with van der Waals surface area (Å²) in [6, 6.07) is 0. The number of amides is 1. The van der Waals surface area contributed by atoms with Crippen LogP contribution in [-0.2, 0) is 4.79 Å². The van der Waals surface area contributed by atoms with E-state index in [9.17, 15) is 4.79 Å². The van der Waals surface area contributed by atoms with Crippen LogP contribution in [0.3, 0.4) is 0 Å². The predicted octanol–water partition coefficient (Wildman–Crippen LogP) is 1.72. The van der Waals surface area contributed by atoms with Crippen molar-refractivity contribution in [3.63, 3.8) is 0 Å². The molecule has 2 heteroatoms. The van der Waals surface area contributed by atoms with Crippen molar-refractivity contribution in [1.29, 1.82) is 0 Å². The molecule has 0 rings (SSSR count). The Bertz CT molecular complexity index is 152. The number of nitrogens with one attached hydrogen (secondary N) is 1. The smallest absolute Gasteiger partial charge is 0.246 e. The molecule has 0 heterocycles. The lowest BCUT2D eigenvalue weighted by atomic mass is 10.1. The zero-order chi connectivity index (χ0) is 8.85. The van der Waals surface area contributed by atoms with Crippen molar-refractivity contribution in [2.45, 2.75) is 27.2 Å². The van der Waals surface area contributed by atoms with Crippen LogP contribution < -0.4 is 5.32 Å². The van der Waals surface area contributed by atoms with Gasteiger partial charge in [-0.25, -0.2) is 0 Å². The third kappa shape index (κ3) is 4.59. The van der Waals surface area contributed by atoms with Crippen LogP contribution in [0.4, 0.5) is 0 Å². The van der Waals surface area contributed by atoms with Gasteiger partial charge in [0.1, 0.15) is 0 Å². The van der Waals surface area contributed by atoms with Crippen LogP contribution in [0.2, 0.25) is 0 Å². The Kier molecular flexibility index (Phi) is 4.59. The lowest BCUT2D eigenvalue weighted by Gasteiger charge is -2.09. The lowest BCUT2D eigenvalue weighted by Crippen LogP contribution is -2.28. The average molecular weight is 155 g/mol. The van der Waals surface area contributed by atoms with Gasteiger partial charge in [-0.05, 0) is 12.8 Å². The van der Waals surface area contributed by atoms with Crippen LogP contribution in [-0.4, -0.2) is 12.5 Å². The van der Waals surface area contributed by atoms with Gasteiger partial charge in [-0.3, -0.25) is 4.79 Å². The highest BCUT2D eigenvalue weighted by Gasteiger charge is 2.02. The molecule has 0 saturated heterocycles. The molecule has 1 atom stereocenters. The second kappa shape index (κ2) is 4.94. The van der Waals surface area contributed by atoms with Crippen molar-refractivity contribution in [3.8, 4) is 0 Å². The molecule has 11 heavy (non-hydrogen) atoms. The fraction of sp³-hybridized carbons (Fsp3) is 0.667. The Hall–Kier alpha value is -0.790. The van der Waals surface area contributed by atoms with E-state index in [1.165, 1.54) is 0 Å². The molecule has 0 aromatic carbocycles. The largest absolute Gasteiger partial charge is 0.352 e. The molecule has 1 unspecified atom stereocenters. The van der Waals surface area contributed by atoms with Gasteiger partial charge >= 0.3 is 0 Å². The average Bonchev–Trinajstić information content (AvgIpc) is 1.99. The first-order valence-electron chi connectivity index (χ1n) is 4.01. The van der Waals surface area contributed by atoms with E-state index in [0.29, 0.717) is 11.5 Å². The van der Waals surface area contributed by atoms with E-state index in [0.717, 1.165) is 13.0 Å². The zero-order valence-corrected chi connectivity index (χ0v) is 7.61. The summed E-state index contributed by atoms with van der Waals surface area (Å²) in [4.78, 5) is 11.0. The van der Waals surface area contributed by atoms with Crippen molar-refractivity contribution in [3.05, 3.63) is 12.2 Å². The maximum Gasteiger partial charge on any atom is 0.246 e. The van der Waals surface area contributed by atoms with Crippen molar-refractivity contribution in [2.75, 3.05) is 6.54 Å². The summed E-state index contributed by atoms with van der Waals surface area (Å²) in [6.45, 7) is 10.2. The first-order valence-corrected chi connectivity index (χ1v) is 4.01. The van der Waals surface area contributed by atoms with Crippen LogP contribution in [0.5, 0.6) is 0 Å². The quantitative estimate of drug-likeness (QED) is 0.615. The summed E-state index contributed by atoms with van der Waals surface area (Å²) in [7, 11) is 0. The van der Waals surface area contributed by atoms with Gasteiger partial charge in [0.05, 0.1) is 0 Å². The zero-order valence-electron chi connectivity index (χ0n) is 7.61. The Morgan fingerprint density at radius 3 is 2.55 bits per heavy atom. The summed E-state index contributed by atoms with van der Waals surface area (Å²) in [5.41, 5.74) is 0.577. The van der Waals surface area contributed by atoms with E-state index in [1.807, 2.05) is 0 Å². The standard InChI is InChI=1S/C9H17NO/c1-5-8(4)6-10-9(11)7(2)3/h8H,2,5-6H2,1,3-4H3,(H,10,11). The van der Waals surface area contributed by atoms with Crippen LogP contribution in [0.15, 0.2) is 12.2 Å². The Balaban J connectivity index is 3.54. The molecule has 0 radical (unpaired) electrons. The minimum atomic E-state index is -0.0368. The van der Waals surface area contributed by atoms with Crippen molar-refractivity contribution >= 4 is 5.91 Å². The van der Waals surface area contributed by atoms with Crippen molar-refractivity contribution in [1.82, 2.24) is 5.32 Å². The molecule has 0 aliphatic carbocycles. The fourth-order valence-corrected chi connectivity index (χ4v) is 0.562. The molecule has 0 saturated carbocycles. The third-order valence-corrected chi connectivity index (χ3v) is 1.70. The van der Waals surface area contributed by atoms with Crippen molar-refractivity contribution in [2.24, 2.45) is 5.92 Å². The van der Waals surface area contributed by atoms with E-state index in [1.54, 1.807) is 6.92 Å². The summed E-state index contributed by atoms with van der Waals surface area (Å²) >= 11 is 0. The number of hydrogen-bond acceptors (Lipinski definition) is 1. The fourth-order valence-electron chi connectivity index (χ4n) is 0.562. The van der Waals surface area contributed by atoms with Crippen LogP contribution in [0.1, 0.15) is 27.2 Å². The molecule has 0 aromatic rings. The monoisotopic (exact) mass is 155 g/mol. The molecule has 0 fully saturated rings. The number of hydrogen-bond donors (Lipinski definition) is 1. The van der Waals surface area contributed by atoms with E-state index in [2.05, 4.69) is 25.7 Å². The van der Waals surface area contributed by atoms with Crippen LogP contribution in [0, 0.1) is 5.92 Å². The summed E-state index contributed by atoms with van der Waals surface area (Å²) < 4.78 is 0. The summed E-state index contributed by atoms with van der Waals surface area (Å²) in [5, 5.41) is 2.79. The first kappa shape index (κ1) is 10.2. The maximum absolute atomic E-state index is 11.0. The first-order chi connectivity index (χ1) is 5.07. The second-order valence-electron chi connectivity index (χ2n) is 3.00. The Morgan fingerprint density at radius 1 is 1.64 bits per heavy atom. The van der Waals surface area contributed by atoms with Crippen molar-refractivity contribution < 1.29 is 4.79 Å². The highest BCUT2D eigenvalue weighted by Crippen LogP contribution is 1.97. The molecular weight excluding hydrogens is 138 g/mol. The minimum Gasteiger partial charge on any atom is -0.352 e. The Morgan fingerprint density at radius 2 is 2.18 bits per heavy atom. The molecule has 0 spiro atoms. The SMILES string of the molecule is C=C(C)C(=O)NCC(C)CC. The molecule has 0 aromatic heterocycles. The number of rotatable bonds is 4. The minimum absolute atomic E-state index is 0.0368. The van der Waals surface area contributed by atoms with Crippen LogP contribution >= 0.6 is 0 Å². The molecule has 0 aliphatic heterocycles. The molecule has 0 bridgehead atoms. The number of carbonyl (C=O) groups excluding carboxylic acids is 1. The normalized spacial score (nSPS) is 12.3. The highest BCUT2D eigenvalue weighted by molar-refractivity contribution is 5.92. The van der Waals surface area contributed by atoms with Gasteiger partial charge in [-0.15, -0.1) is 0 Å². The molecule has 64 valence electrons. The highest BCUT2D eigenvalue weighted by atomic mass is 16.1. The number of carbonyl (C=O) groups is 1. The molecule has 1 amide bonds. The van der Waals surface area contributed by atoms with Crippen LogP contribution in [0.25, 0.3) is 0 Å². The van der Waals surface area contributed by atoms with Gasteiger partial charge in [0.2, 0.25) is 5.91 Å². The molecule has 1 N–H and O–H groups in total. The predicted molar refractivity (Wildman–Crippen MR) is 47.3 cm³/mol. The van der Waals surface area contributed by atoms with E-state index in [-0.39, 0.29) is 5.91 Å². The Labute approximate surface area is 68.7 Å². The van der Waals surface area contributed by atoms with Gasteiger partial charge in [0.15, 0.2) is 0 Å². The summed E-state index contributed by atoms with van der Waals surface area (Å²) in [5.74, 6) is 0.517. The van der Waals surface area contributed by atoms with Gasteiger partial charge in [-0.2, -0.15) is 0 Å². The molecular formula is C9H17NO. The van der Waals surface area contributed by atoms with E-state index in [4.69, 9.17) is 0 Å². The maximum atomic E-state index is 11.0. The van der Waals surface area contributed by atoms with E-state index < -0.39 is 0 Å². The van der Waals surface area contributed by atoms with Gasteiger partial charge < -0.3 is 5.32 Å². The lowest BCUT2D eigenvalue weighted by molar-refractivity contribution is -0.117. The molecule has 0 aliphatic rings. The topological polar surface area (TPSA) is 29.1 Å². The second-order valence-corrected chi connectivity index (χ2v) is 3.00. The summed E-state index contributed by atoms with van der Waals surface area (Å²) in [6.07, 6.45) is 1.09. The van der Waals surface area contributed by atoms with Gasteiger partial charge in [0.25, 0.3) is 0 Å². The molecule has 2 nitrogen and oxygen atoms in total. The van der Waals surface area contributed by atoms with E-state index >= 15 is 0 Å². The van der Waals surface area contributed by atoms with Gasteiger partial charge in [-0.1, -0.05) is 26.8 Å². The third-order valence-electron chi connectivity index (χ3n) is 1.70. The van der Waals surface area contributed by atoms with Gasteiger partial charge in [0, 0.05) is 12.1 Å².